The molecule has 1 aromatic heterocycles. The number of rotatable bonds is 5. The fraction of sp³-hybridized carbons (Fsp3) is 0.556. The Labute approximate surface area is 105 Å². The average Bonchev–Trinajstić information content (AvgIpc) is 2.90. The van der Waals surface area contributed by atoms with E-state index in [9.17, 15) is 8.42 Å². The maximum Gasteiger partial charge on any atom is 0.243 e. The molecule has 0 aromatic carbocycles. The number of nitrogens with zero attached hydrogens (tertiary/aromatic N) is 2. The minimum atomic E-state index is -3.57. The van der Waals surface area contributed by atoms with Gasteiger partial charge in [0.25, 0.3) is 0 Å². The molecule has 1 unspecified atom stereocenters. The van der Waals surface area contributed by atoms with Crippen molar-refractivity contribution < 1.29 is 13.2 Å². The lowest BCUT2D eigenvalue weighted by Crippen LogP contribution is -2.29. The summed E-state index contributed by atoms with van der Waals surface area (Å²) in [6.45, 7) is 1.64. The van der Waals surface area contributed by atoms with Gasteiger partial charge in [0.05, 0.1) is 19.0 Å². The first-order valence-electron chi connectivity index (χ1n) is 5.48. The molecule has 2 heterocycles. The number of nitrogens with one attached hydrogen (secondary N) is 2. The van der Waals surface area contributed by atoms with E-state index in [-0.39, 0.29) is 16.8 Å². The minimum Gasteiger partial charge on any atom is -0.381 e. The van der Waals surface area contributed by atoms with Crippen molar-refractivity contribution in [2.45, 2.75) is 11.3 Å². The number of hydrogen-bond donors (Lipinski definition) is 3. The average molecular weight is 273 g/mol. The molecule has 1 aliphatic heterocycles. The lowest BCUT2D eigenvalue weighted by molar-refractivity contribution is 0.186. The second-order valence-corrected chi connectivity index (χ2v) is 5.74. The highest BCUT2D eigenvalue weighted by Gasteiger charge is 2.20. The van der Waals surface area contributed by atoms with Crippen molar-refractivity contribution in [3.05, 3.63) is 12.4 Å². The second kappa shape index (κ2) is 5.57. The van der Waals surface area contributed by atoms with Gasteiger partial charge in [-0.05, 0) is 12.3 Å². The van der Waals surface area contributed by atoms with Crippen molar-refractivity contribution in [2.24, 2.45) is 11.8 Å². The lowest BCUT2D eigenvalue weighted by Gasteiger charge is -2.10. The van der Waals surface area contributed by atoms with Crippen LogP contribution in [-0.2, 0) is 14.8 Å². The highest BCUT2D eigenvalue weighted by molar-refractivity contribution is 7.89. The molecule has 8 nitrogen and oxygen atoms in total. The van der Waals surface area contributed by atoms with E-state index in [1.165, 1.54) is 12.4 Å². The summed E-state index contributed by atoms with van der Waals surface area (Å²) in [4.78, 5) is 7.52. The van der Waals surface area contributed by atoms with E-state index in [1.54, 1.807) is 0 Å². The highest BCUT2D eigenvalue weighted by Crippen LogP contribution is 2.13. The van der Waals surface area contributed by atoms with E-state index < -0.39 is 10.0 Å². The van der Waals surface area contributed by atoms with Gasteiger partial charge in [0, 0.05) is 13.2 Å². The monoisotopic (exact) mass is 273 g/mol. The molecule has 0 amide bonds. The van der Waals surface area contributed by atoms with Crippen molar-refractivity contribution >= 4 is 16.0 Å². The third-order valence-corrected chi connectivity index (χ3v) is 4.03. The molecule has 9 heteroatoms. The predicted octanol–water partition coefficient (Wildman–Crippen LogP) is -0.923. The maximum absolute atomic E-state index is 11.9. The molecule has 0 spiro atoms. The zero-order valence-corrected chi connectivity index (χ0v) is 10.5. The standard InChI is InChI=1S/C9H15N5O3S/c10-14-9-11-4-8(5-12-9)18(15,16)13-3-7-1-2-17-6-7/h4-5,7,13H,1-3,6,10H2,(H,11,12,14). The molecule has 100 valence electrons. The maximum atomic E-state index is 11.9. The topological polar surface area (TPSA) is 119 Å². The van der Waals surface area contributed by atoms with Crippen molar-refractivity contribution in [1.82, 2.24) is 14.7 Å². The van der Waals surface area contributed by atoms with Crippen LogP contribution in [0.3, 0.4) is 0 Å². The van der Waals surface area contributed by atoms with Crippen LogP contribution in [0.15, 0.2) is 17.3 Å². The van der Waals surface area contributed by atoms with Crippen LogP contribution >= 0.6 is 0 Å². The van der Waals surface area contributed by atoms with Crippen LogP contribution in [0.25, 0.3) is 0 Å². The van der Waals surface area contributed by atoms with Gasteiger partial charge in [-0.3, -0.25) is 5.43 Å². The van der Waals surface area contributed by atoms with Gasteiger partial charge < -0.3 is 4.74 Å². The van der Waals surface area contributed by atoms with Crippen LogP contribution in [0.1, 0.15) is 6.42 Å². The smallest absolute Gasteiger partial charge is 0.243 e. The summed E-state index contributed by atoms with van der Waals surface area (Å²) in [5.74, 6) is 5.49. The van der Waals surface area contributed by atoms with E-state index in [2.05, 4.69) is 20.1 Å². The molecule has 0 bridgehead atoms. The SMILES string of the molecule is NNc1ncc(S(=O)(=O)NCC2CCOC2)cn1. The lowest BCUT2D eigenvalue weighted by atomic mass is 10.1. The number of anilines is 1. The summed E-state index contributed by atoms with van der Waals surface area (Å²) in [5.41, 5.74) is 2.23. The van der Waals surface area contributed by atoms with Gasteiger partial charge in [0.15, 0.2) is 0 Å². The first kappa shape index (κ1) is 13.1. The molecule has 2 rings (SSSR count). The molecule has 0 radical (unpaired) electrons. The molecular weight excluding hydrogens is 258 g/mol. The quantitative estimate of drug-likeness (QED) is 0.468. The van der Waals surface area contributed by atoms with Crippen LogP contribution in [0, 0.1) is 5.92 Å². The van der Waals surface area contributed by atoms with Crippen molar-refractivity contribution in [2.75, 3.05) is 25.2 Å². The van der Waals surface area contributed by atoms with E-state index >= 15 is 0 Å². The van der Waals surface area contributed by atoms with Gasteiger partial charge in [-0.2, -0.15) is 0 Å². The summed E-state index contributed by atoms with van der Waals surface area (Å²) in [5, 5.41) is 0. The van der Waals surface area contributed by atoms with Gasteiger partial charge in [0.2, 0.25) is 16.0 Å². The third-order valence-electron chi connectivity index (χ3n) is 2.65. The Morgan fingerprint density at radius 1 is 1.44 bits per heavy atom. The Balaban J connectivity index is 2.00. The van der Waals surface area contributed by atoms with Crippen molar-refractivity contribution in [1.29, 1.82) is 0 Å². The number of ether oxygens (including phenoxy) is 1. The zero-order chi connectivity index (χ0) is 13.0. The number of nitrogen functional groups attached to an aromatic ring is 1. The summed E-state index contributed by atoms with van der Waals surface area (Å²) in [7, 11) is -3.57. The van der Waals surface area contributed by atoms with Crippen LogP contribution in [0.2, 0.25) is 0 Å². The Hall–Kier alpha value is -1.29. The normalized spacial score (nSPS) is 19.9. The number of hydrogen-bond acceptors (Lipinski definition) is 7. The molecule has 18 heavy (non-hydrogen) atoms. The summed E-state index contributed by atoms with van der Waals surface area (Å²) in [6.07, 6.45) is 3.28. The van der Waals surface area contributed by atoms with E-state index in [0.29, 0.717) is 19.8 Å². The first-order chi connectivity index (χ1) is 8.62. The third kappa shape index (κ3) is 3.13. The zero-order valence-electron chi connectivity index (χ0n) is 9.67. The van der Waals surface area contributed by atoms with E-state index in [0.717, 1.165) is 6.42 Å². The van der Waals surface area contributed by atoms with Gasteiger partial charge in [0.1, 0.15) is 4.90 Å². The molecule has 0 saturated carbocycles. The van der Waals surface area contributed by atoms with Gasteiger partial charge >= 0.3 is 0 Å². The van der Waals surface area contributed by atoms with Gasteiger partial charge in [-0.1, -0.05) is 0 Å². The molecule has 0 aliphatic carbocycles. The fourth-order valence-electron chi connectivity index (χ4n) is 1.58. The summed E-state index contributed by atoms with van der Waals surface area (Å²) in [6, 6.07) is 0. The number of sulfonamides is 1. The molecule has 1 atom stereocenters. The van der Waals surface area contributed by atoms with Crippen molar-refractivity contribution in [3.8, 4) is 0 Å². The van der Waals surface area contributed by atoms with Crippen molar-refractivity contribution in [3.63, 3.8) is 0 Å². The van der Waals surface area contributed by atoms with Crippen LogP contribution in [0.4, 0.5) is 5.95 Å². The number of aromatic nitrogens is 2. The summed E-state index contributed by atoms with van der Waals surface area (Å²) >= 11 is 0. The predicted molar refractivity (Wildman–Crippen MR) is 64.0 cm³/mol. The number of nitrogens with two attached hydrogens (primary N) is 1. The Bertz CT molecular complexity index is 483. The van der Waals surface area contributed by atoms with E-state index in [4.69, 9.17) is 10.6 Å². The molecule has 1 fully saturated rings. The second-order valence-electron chi connectivity index (χ2n) is 3.97. The molecule has 1 aromatic rings. The van der Waals surface area contributed by atoms with Gasteiger partial charge in [-0.15, -0.1) is 0 Å². The number of hydrazine groups is 1. The Morgan fingerprint density at radius 3 is 2.72 bits per heavy atom. The van der Waals surface area contributed by atoms with Crippen LogP contribution in [0.5, 0.6) is 0 Å². The minimum absolute atomic E-state index is 0.0143. The molecule has 1 aliphatic rings. The largest absolute Gasteiger partial charge is 0.381 e. The van der Waals surface area contributed by atoms with Crippen LogP contribution in [-0.4, -0.2) is 38.1 Å². The van der Waals surface area contributed by atoms with Crippen LogP contribution < -0.4 is 16.0 Å². The molecular formula is C9H15N5O3S. The highest BCUT2D eigenvalue weighted by atomic mass is 32.2. The molecule has 4 N–H and O–H groups in total. The Morgan fingerprint density at radius 2 is 2.17 bits per heavy atom. The Kier molecular flexibility index (Phi) is 4.07. The summed E-state index contributed by atoms with van der Waals surface area (Å²) < 4.78 is 31.5. The van der Waals surface area contributed by atoms with E-state index in [1.807, 2.05) is 0 Å². The molecule has 1 saturated heterocycles. The first-order valence-corrected chi connectivity index (χ1v) is 6.96. The fourth-order valence-corrected chi connectivity index (χ4v) is 2.59. The van der Waals surface area contributed by atoms with Gasteiger partial charge in [-0.25, -0.2) is 29.0 Å².